The van der Waals surface area contributed by atoms with E-state index in [-0.39, 0.29) is 16.9 Å². The zero-order valence-corrected chi connectivity index (χ0v) is 13.7. The van der Waals surface area contributed by atoms with Crippen molar-refractivity contribution in [1.82, 2.24) is 4.98 Å². The molecule has 0 spiro atoms. The number of rotatable bonds is 4. The van der Waals surface area contributed by atoms with Crippen LogP contribution in [-0.4, -0.2) is 23.2 Å². The van der Waals surface area contributed by atoms with Crippen molar-refractivity contribution in [2.75, 3.05) is 12.4 Å². The Labute approximate surface area is 132 Å². The molecule has 3 nitrogen and oxygen atoms in total. The van der Waals surface area contributed by atoms with E-state index in [1.54, 1.807) is 24.3 Å². The van der Waals surface area contributed by atoms with E-state index in [1.165, 1.54) is 13.2 Å². The third-order valence-electron chi connectivity index (χ3n) is 2.68. The third kappa shape index (κ3) is 3.07. The van der Waals surface area contributed by atoms with Crippen LogP contribution >= 0.6 is 31.9 Å². The molecule has 0 saturated heterocycles. The lowest BCUT2D eigenvalue weighted by atomic mass is 10.1. The number of methoxy groups -OCH3 is 1. The maximum Gasteiger partial charge on any atom is 0.191 e. The summed E-state index contributed by atoms with van der Waals surface area (Å²) in [6.45, 7) is 0. The van der Waals surface area contributed by atoms with Gasteiger partial charge in [-0.15, -0.1) is 0 Å². The fourth-order valence-corrected chi connectivity index (χ4v) is 2.35. The molecule has 1 aromatic carbocycles. The van der Waals surface area contributed by atoms with Crippen molar-refractivity contribution in [3.8, 4) is 17.0 Å². The number of hydrogen-bond acceptors (Lipinski definition) is 3. The Morgan fingerprint density at radius 2 is 2.10 bits per heavy atom. The Kier molecular flexibility index (Phi) is 4.88. The van der Waals surface area contributed by atoms with Crippen LogP contribution in [0.1, 0.15) is 10.5 Å². The first kappa shape index (κ1) is 15.1. The largest absolute Gasteiger partial charge is 0.494 e. The smallest absolute Gasteiger partial charge is 0.191 e. The Bertz CT molecular complexity index is 662. The molecule has 0 unspecified atom stereocenters. The monoisotopic (exact) mass is 401 g/mol. The molecule has 20 heavy (non-hydrogen) atoms. The predicted molar refractivity (Wildman–Crippen MR) is 82.0 cm³/mol. The van der Waals surface area contributed by atoms with Gasteiger partial charge in [-0.3, -0.25) is 4.79 Å². The van der Waals surface area contributed by atoms with Crippen LogP contribution in [-0.2, 0) is 0 Å². The van der Waals surface area contributed by atoms with E-state index in [1.807, 2.05) is 0 Å². The standard InChI is InChI=1S/C14H10Br2FNO2/c1-20-13-5-4-11(12(19)7-15)18-14(13)8-2-3-10(17)9(16)6-8/h2-6H,7H2,1H3. The summed E-state index contributed by atoms with van der Waals surface area (Å²) in [4.78, 5) is 16.0. The van der Waals surface area contributed by atoms with Gasteiger partial charge in [0.1, 0.15) is 23.0 Å². The molecular formula is C14H10Br2FNO2. The minimum absolute atomic E-state index is 0.130. The molecule has 0 aliphatic heterocycles. The highest BCUT2D eigenvalue weighted by Gasteiger charge is 2.14. The molecule has 2 rings (SSSR count). The highest BCUT2D eigenvalue weighted by atomic mass is 79.9. The zero-order chi connectivity index (χ0) is 14.7. The number of ketones is 1. The number of halogens is 3. The summed E-state index contributed by atoms with van der Waals surface area (Å²) in [5, 5.41) is 0.193. The van der Waals surface area contributed by atoms with Crippen molar-refractivity contribution in [2.45, 2.75) is 0 Å². The summed E-state index contributed by atoms with van der Waals surface area (Å²) >= 11 is 6.24. The van der Waals surface area contributed by atoms with E-state index < -0.39 is 0 Å². The van der Waals surface area contributed by atoms with Gasteiger partial charge in [0.15, 0.2) is 5.78 Å². The van der Waals surface area contributed by atoms with Crippen molar-refractivity contribution in [3.05, 3.63) is 46.3 Å². The number of pyridine rings is 1. The van der Waals surface area contributed by atoms with Crippen molar-refractivity contribution >= 4 is 37.6 Å². The zero-order valence-electron chi connectivity index (χ0n) is 10.5. The molecule has 0 amide bonds. The van der Waals surface area contributed by atoms with Gasteiger partial charge in [-0.1, -0.05) is 15.9 Å². The second-order valence-electron chi connectivity index (χ2n) is 3.93. The second-order valence-corrected chi connectivity index (χ2v) is 5.35. The average molecular weight is 403 g/mol. The normalized spacial score (nSPS) is 10.4. The fourth-order valence-electron chi connectivity index (χ4n) is 1.69. The SMILES string of the molecule is COc1ccc(C(=O)CBr)nc1-c1ccc(F)c(Br)c1. The summed E-state index contributed by atoms with van der Waals surface area (Å²) in [7, 11) is 1.52. The number of aromatic nitrogens is 1. The summed E-state index contributed by atoms with van der Waals surface area (Å²) in [5.74, 6) is 0.0325. The van der Waals surface area contributed by atoms with Crippen LogP contribution in [0.3, 0.4) is 0 Å². The number of carbonyl (C=O) groups is 1. The van der Waals surface area contributed by atoms with Crippen molar-refractivity contribution in [2.24, 2.45) is 0 Å². The van der Waals surface area contributed by atoms with Crippen LogP contribution in [0.15, 0.2) is 34.8 Å². The first-order valence-corrected chi connectivity index (χ1v) is 7.58. The molecule has 0 aliphatic rings. The van der Waals surface area contributed by atoms with Crippen LogP contribution in [0.4, 0.5) is 4.39 Å². The maximum absolute atomic E-state index is 13.3. The first-order chi connectivity index (χ1) is 9.56. The van der Waals surface area contributed by atoms with Crippen molar-refractivity contribution in [3.63, 3.8) is 0 Å². The molecule has 0 saturated carbocycles. The summed E-state index contributed by atoms with van der Waals surface area (Å²) in [6, 6.07) is 7.80. The molecule has 2 aromatic rings. The number of Topliss-reactive ketones (excluding diaryl/α,β-unsaturated/α-hetero) is 1. The van der Waals surface area contributed by atoms with Crippen molar-refractivity contribution in [1.29, 1.82) is 0 Å². The lowest BCUT2D eigenvalue weighted by Crippen LogP contribution is -2.05. The molecule has 104 valence electrons. The van der Waals surface area contributed by atoms with Gasteiger partial charge >= 0.3 is 0 Å². The topological polar surface area (TPSA) is 39.2 Å². The Hall–Kier alpha value is -1.27. The number of hydrogen-bond donors (Lipinski definition) is 0. The van der Waals surface area contributed by atoms with E-state index in [0.717, 1.165) is 0 Å². The number of ether oxygens (including phenoxy) is 1. The lowest BCUT2D eigenvalue weighted by molar-refractivity contribution is 0.101. The van der Waals surface area contributed by atoms with Gasteiger partial charge < -0.3 is 4.74 Å². The second kappa shape index (κ2) is 6.45. The van der Waals surface area contributed by atoms with E-state index >= 15 is 0 Å². The van der Waals surface area contributed by atoms with Gasteiger partial charge in [0.2, 0.25) is 0 Å². The molecule has 0 fully saturated rings. The summed E-state index contributed by atoms with van der Waals surface area (Å²) in [5.41, 5.74) is 1.50. The molecule has 0 N–H and O–H groups in total. The Morgan fingerprint density at radius 3 is 2.70 bits per heavy atom. The number of carbonyl (C=O) groups excluding carboxylic acids is 1. The molecule has 6 heteroatoms. The van der Waals surface area contributed by atoms with E-state index in [4.69, 9.17) is 4.74 Å². The summed E-state index contributed by atoms with van der Waals surface area (Å²) in [6.07, 6.45) is 0. The van der Waals surface area contributed by atoms with Gasteiger partial charge in [-0.05, 0) is 46.3 Å². The number of benzene rings is 1. The molecule has 0 aliphatic carbocycles. The van der Waals surface area contributed by atoms with Crippen LogP contribution in [0.5, 0.6) is 5.75 Å². The highest BCUT2D eigenvalue weighted by Crippen LogP contribution is 2.31. The molecule has 0 radical (unpaired) electrons. The Balaban J connectivity index is 2.57. The van der Waals surface area contributed by atoms with Crippen LogP contribution in [0.25, 0.3) is 11.3 Å². The Morgan fingerprint density at radius 1 is 1.35 bits per heavy atom. The van der Waals surface area contributed by atoms with E-state index in [2.05, 4.69) is 36.8 Å². The molecular weight excluding hydrogens is 393 g/mol. The van der Waals surface area contributed by atoms with Gasteiger partial charge in [0.25, 0.3) is 0 Å². The minimum atomic E-state index is -0.361. The van der Waals surface area contributed by atoms with Crippen LogP contribution in [0.2, 0.25) is 0 Å². The number of nitrogens with zero attached hydrogens (tertiary/aromatic N) is 1. The van der Waals surface area contributed by atoms with E-state index in [9.17, 15) is 9.18 Å². The van der Waals surface area contributed by atoms with Crippen LogP contribution < -0.4 is 4.74 Å². The summed E-state index contributed by atoms with van der Waals surface area (Å²) < 4.78 is 18.9. The van der Waals surface area contributed by atoms with Gasteiger partial charge in [-0.25, -0.2) is 9.37 Å². The average Bonchev–Trinajstić information content (AvgIpc) is 2.48. The molecule has 0 atom stereocenters. The quantitative estimate of drug-likeness (QED) is 0.567. The third-order valence-corrected chi connectivity index (χ3v) is 3.80. The molecule has 1 aromatic heterocycles. The minimum Gasteiger partial charge on any atom is -0.494 e. The van der Waals surface area contributed by atoms with Crippen LogP contribution in [0, 0.1) is 5.82 Å². The maximum atomic E-state index is 13.3. The molecule has 1 heterocycles. The highest BCUT2D eigenvalue weighted by molar-refractivity contribution is 9.10. The number of alkyl halides is 1. The fraction of sp³-hybridized carbons (Fsp3) is 0.143. The van der Waals surface area contributed by atoms with Crippen molar-refractivity contribution < 1.29 is 13.9 Å². The lowest BCUT2D eigenvalue weighted by Gasteiger charge is -2.10. The predicted octanol–water partition coefficient (Wildman–Crippen LogP) is 4.24. The van der Waals surface area contributed by atoms with E-state index in [0.29, 0.717) is 27.2 Å². The molecule has 0 bridgehead atoms. The van der Waals surface area contributed by atoms with Gasteiger partial charge in [-0.2, -0.15) is 0 Å². The van der Waals surface area contributed by atoms with Gasteiger partial charge in [0, 0.05) is 5.56 Å². The van der Waals surface area contributed by atoms with Gasteiger partial charge in [0.05, 0.1) is 16.9 Å². The first-order valence-electron chi connectivity index (χ1n) is 5.66.